The van der Waals surface area contributed by atoms with E-state index in [2.05, 4.69) is 15.4 Å². The summed E-state index contributed by atoms with van der Waals surface area (Å²) in [5.74, 6) is -3.47. The zero-order chi connectivity index (χ0) is 17.0. The SMILES string of the molecule is COC(=O)c1ccc([C@H](C)NC(=O)[C@H]2CCC(F)(F)CN2)cc1.Cl. The number of carbonyl (C=O) groups is 2. The average molecular weight is 363 g/mol. The number of carbonyl (C=O) groups excluding carboxylic acids is 2. The van der Waals surface area contributed by atoms with E-state index in [1.807, 2.05) is 0 Å². The predicted molar refractivity (Wildman–Crippen MR) is 87.6 cm³/mol. The highest BCUT2D eigenvalue weighted by atomic mass is 35.5. The molecule has 1 heterocycles. The monoisotopic (exact) mass is 362 g/mol. The molecule has 2 N–H and O–H groups in total. The molecule has 24 heavy (non-hydrogen) atoms. The molecule has 1 saturated heterocycles. The molecule has 134 valence electrons. The lowest BCUT2D eigenvalue weighted by molar-refractivity contribution is -0.126. The van der Waals surface area contributed by atoms with Gasteiger partial charge in [0, 0.05) is 6.42 Å². The lowest BCUT2D eigenvalue weighted by Crippen LogP contribution is -2.52. The number of alkyl halides is 2. The Morgan fingerprint density at radius 2 is 1.96 bits per heavy atom. The minimum atomic E-state index is -2.74. The summed E-state index contributed by atoms with van der Waals surface area (Å²) in [5, 5.41) is 5.37. The molecule has 0 aliphatic carbocycles. The highest BCUT2D eigenvalue weighted by molar-refractivity contribution is 5.89. The third kappa shape index (κ3) is 5.14. The van der Waals surface area contributed by atoms with Gasteiger partial charge in [-0.1, -0.05) is 12.1 Å². The van der Waals surface area contributed by atoms with Gasteiger partial charge in [-0.3, -0.25) is 4.79 Å². The fraction of sp³-hybridized carbons (Fsp3) is 0.500. The van der Waals surface area contributed by atoms with Crippen LogP contribution in [0, 0.1) is 0 Å². The Labute approximate surface area is 145 Å². The Balaban J connectivity index is 0.00000288. The quantitative estimate of drug-likeness (QED) is 0.807. The van der Waals surface area contributed by atoms with Gasteiger partial charge < -0.3 is 15.4 Å². The number of hydrogen-bond acceptors (Lipinski definition) is 4. The van der Waals surface area contributed by atoms with Crippen molar-refractivity contribution >= 4 is 24.3 Å². The summed E-state index contributed by atoms with van der Waals surface area (Å²) in [7, 11) is 1.31. The summed E-state index contributed by atoms with van der Waals surface area (Å²) in [5.41, 5.74) is 1.23. The van der Waals surface area contributed by atoms with Gasteiger partial charge in [0.1, 0.15) is 0 Å². The van der Waals surface area contributed by atoms with Gasteiger partial charge in [-0.25, -0.2) is 13.6 Å². The van der Waals surface area contributed by atoms with E-state index < -0.39 is 24.5 Å². The zero-order valence-electron chi connectivity index (χ0n) is 13.5. The highest BCUT2D eigenvalue weighted by Gasteiger charge is 2.37. The number of methoxy groups -OCH3 is 1. The van der Waals surface area contributed by atoms with Crippen LogP contribution in [0.4, 0.5) is 8.78 Å². The van der Waals surface area contributed by atoms with Crippen molar-refractivity contribution in [3.05, 3.63) is 35.4 Å². The van der Waals surface area contributed by atoms with Gasteiger partial charge in [-0.2, -0.15) is 0 Å². The molecule has 1 aromatic rings. The Hall–Kier alpha value is -1.73. The van der Waals surface area contributed by atoms with Gasteiger partial charge in [-0.05, 0) is 31.0 Å². The molecule has 0 unspecified atom stereocenters. The van der Waals surface area contributed by atoms with Crippen LogP contribution in [0.1, 0.15) is 41.7 Å². The molecular formula is C16H21ClF2N2O3. The number of hydrogen-bond donors (Lipinski definition) is 2. The first-order valence-electron chi connectivity index (χ1n) is 7.42. The molecule has 8 heteroatoms. The Morgan fingerprint density at radius 1 is 1.33 bits per heavy atom. The standard InChI is InChI=1S/C16H20F2N2O3.ClH/c1-10(11-3-5-12(6-4-11)15(22)23-2)20-14(21)13-7-8-16(17,18)9-19-13;/h3-6,10,13,19H,7-9H2,1-2H3,(H,20,21);1H/t10-,13+;/m0./s1. The third-order valence-electron chi connectivity index (χ3n) is 3.91. The molecule has 2 atom stereocenters. The molecule has 1 fully saturated rings. The van der Waals surface area contributed by atoms with Crippen molar-refractivity contribution in [3.8, 4) is 0 Å². The van der Waals surface area contributed by atoms with Crippen LogP contribution in [0.2, 0.25) is 0 Å². The van der Waals surface area contributed by atoms with E-state index in [1.165, 1.54) is 7.11 Å². The molecule has 2 rings (SSSR count). The molecule has 0 aromatic heterocycles. The number of rotatable bonds is 4. The fourth-order valence-corrected chi connectivity index (χ4v) is 2.47. The van der Waals surface area contributed by atoms with E-state index >= 15 is 0 Å². The molecular weight excluding hydrogens is 342 g/mol. The maximum Gasteiger partial charge on any atom is 0.337 e. The van der Waals surface area contributed by atoms with Crippen LogP contribution in [0.3, 0.4) is 0 Å². The summed E-state index contributed by atoms with van der Waals surface area (Å²) in [6.07, 6.45) is -0.187. The van der Waals surface area contributed by atoms with E-state index in [9.17, 15) is 18.4 Å². The first-order valence-corrected chi connectivity index (χ1v) is 7.42. The van der Waals surface area contributed by atoms with Crippen molar-refractivity contribution in [2.75, 3.05) is 13.7 Å². The van der Waals surface area contributed by atoms with Crippen LogP contribution in [0.25, 0.3) is 0 Å². The number of piperidine rings is 1. The first-order chi connectivity index (χ1) is 10.8. The molecule has 0 bridgehead atoms. The number of amides is 1. The van der Waals surface area contributed by atoms with Crippen LogP contribution >= 0.6 is 12.4 Å². The topological polar surface area (TPSA) is 67.4 Å². The van der Waals surface area contributed by atoms with Crippen molar-refractivity contribution in [2.45, 2.75) is 37.8 Å². The summed E-state index contributed by atoms with van der Waals surface area (Å²) < 4.78 is 30.8. The minimum Gasteiger partial charge on any atom is -0.465 e. The number of nitrogens with one attached hydrogen (secondary N) is 2. The van der Waals surface area contributed by atoms with Crippen LogP contribution < -0.4 is 10.6 Å². The summed E-state index contributed by atoms with van der Waals surface area (Å²) in [4.78, 5) is 23.5. The van der Waals surface area contributed by atoms with Crippen LogP contribution in [0.15, 0.2) is 24.3 Å². The van der Waals surface area contributed by atoms with Crippen LogP contribution in [-0.2, 0) is 9.53 Å². The highest BCUT2D eigenvalue weighted by Crippen LogP contribution is 2.25. The molecule has 1 aliphatic heterocycles. The third-order valence-corrected chi connectivity index (χ3v) is 3.91. The second kappa shape index (κ2) is 8.39. The molecule has 0 saturated carbocycles. The van der Waals surface area contributed by atoms with Crippen molar-refractivity contribution in [1.29, 1.82) is 0 Å². The van der Waals surface area contributed by atoms with Crippen molar-refractivity contribution in [1.82, 2.24) is 10.6 Å². The summed E-state index contributed by atoms with van der Waals surface area (Å²) >= 11 is 0. The predicted octanol–water partition coefficient (Wildman–Crippen LogP) is 2.46. The molecule has 0 radical (unpaired) electrons. The second-order valence-electron chi connectivity index (χ2n) is 5.67. The maximum absolute atomic E-state index is 13.1. The smallest absolute Gasteiger partial charge is 0.337 e. The van der Waals surface area contributed by atoms with Crippen molar-refractivity contribution < 1.29 is 23.1 Å². The Kier molecular flexibility index (Phi) is 7.10. The normalized spacial score (nSPS) is 20.4. The first kappa shape index (κ1) is 20.3. The molecule has 1 aromatic carbocycles. The second-order valence-corrected chi connectivity index (χ2v) is 5.67. The maximum atomic E-state index is 13.1. The zero-order valence-corrected chi connectivity index (χ0v) is 14.3. The molecule has 1 amide bonds. The Bertz CT molecular complexity index is 571. The van der Waals surface area contributed by atoms with Crippen LogP contribution in [-0.4, -0.2) is 37.5 Å². The van der Waals surface area contributed by atoms with Gasteiger partial charge in [0.25, 0.3) is 5.92 Å². The van der Waals surface area contributed by atoms with Gasteiger partial charge >= 0.3 is 5.97 Å². The van der Waals surface area contributed by atoms with Gasteiger partial charge in [0.15, 0.2) is 0 Å². The largest absolute Gasteiger partial charge is 0.465 e. The van der Waals surface area contributed by atoms with E-state index in [0.29, 0.717) is 5.56 Å². The molecule has 1 aliphatic rings. The minimum absolute atomic E-state index is 0. The van der Waals surface area contributed by atoms with Crippen LogP contribution in [0.5, 0.6) is 0 Å². The van der Waals surface area contributed by atoms with Crippen molar-refractivity contribution in [2.24, 2.45) is 0 Å². The lowest BCUT2D eigenvalue weighted by atomic mass is 10.0. The van der Waals surface area contributed by atoms with Gasteiger partial charge in [-0.15, -0.1) is 12.4 Å². The van der Waals surface area contributed by atoms with E-state index in [0.717, 1.165) is 5.56 Å². The van der Waals surface area contributed by atoms with Crippen molar-refractivity contribution in [3.63, 3.8) is 0 Å². The molecule has 0 spiro atoms. The number of esters is 1. The number of ether oxygens (including phenoxy) is 1. The van der Waals surface area contributed by atoms with Gasteiger partial charge in [0.2, 0.25) is 5.91 Å². The fourth-order valence-electron chi connectivity index (χ4n) is 2.47. The number of halogens is 3. The van der Waals surface area contributed by atoms with E-state index in [4.69, 9.17) is 0 Å². The Morgan fingerprint density at radius 3 is 2.46 bits per heavy atom. The summed E-state index contributed by atoms with van der Waals surface area (Å²) in [6.45, 7) is 1.32. The van der Waals surface area contributed by atoms with E-state index in [-0.39, 0.29) is 37.2 Å². The lowest BCUT2D eigenvalue weighted by Gasteiger charge is -2.29. The van der Waals surface area contributed by atoms with Gasteiger partial charge in [0.05, 0.1) is 31.3 Å². The number of benzene rings is 1. The average Bonchev–Trinajstić information content (AvgIpc) is 2.54. The molecule has 5 nitrogen and oxygen atoms in total. The summed E-state index contributed by atoms with van der Waals surface area (Å²) in [6, 6.07) is 5.77. The van der Waals surface area contributed by atoms with E-state index in [1.54, 1.807) is 31.2 Å².